The Kier molecular flexibility index (Phi) is 4.73. The molecule has 0 saturated heterocycles. The Morgan fingerprint density at radius 3 is 2.62 bits per heavy atom. The summed E-state index contributed by atoms with van der Waals surface area (Å²) in [5, 5.41) is 0. The normalized spacial score (nSPS) is 10.9. The number of hydrogen-bond acceptors (Lipinski definition) is 3. The topological polar surface area (TPSA) is 59.5 Å². The van der Waals surface area contributed by atoms with E-state index in [0.29, 0.717) is 17.8 Å². The van der Waals surface area contributed by atoms with Crippen LogP contribution >= 0.6 is 15.9 Å². The van der Waals surface area contributed by atoms with Gasteiger partial charge in [-0.3, -0.25) is 4.79 Å². The maximum atomic E-state index is 12.8. The second-order valence-electron chi connectivity index (χ2n) is 5.28. The molecular weight excluding hydrogens is 332 g/mol. The molecule has 0 aliphatic carbocycles. The Morgan fingerprint density at radius 2 is 2.05 bits per heavy atom. The lowest BCUT2D eigenvalue weighted by molar-refractivity contribution is 0.0674. The summed E-state index contributed by atoms with van der Waals surface area (Å²) >= 11 is 3.41. The van der Waals surface area contributed by atoms with Gasteiger partial charge in [-0.15, -0.1) is 0 Å². The highest BCUT2D eigenvalue weighted by atomic mass is 79.9. The molecular formula is C16H19BrN2O2. The number of amides is 1. The highest BCUT2D eigenvalue weighted by Crippen LogP contribution is 2.23. The highest BCUT2D eigenvalue weighted by molar-refractivity contribution is 9.10. The van der Waals surface area contributed by atoms with Gasteiger partial charge in [0.15, 0.2) is 0 Å². The molecule has 1 amide bonds. The molecule has 0 spiro atoms. The fraction of sp³-hybridized carbons (Fsp3) is 0.312. The monoisotopic (exact) mass is 350 g/mol. The predicted octanol–water partition coefficient (Wildman–Crippen LogP) is 3.98. The van der Waals surface area contributed by atoms with Crippen molar-refractivity contribution in [1.29, 1.82) is 0 Å². The summed E-state index contributed by atoms with van der Waals surface area (Å²) in [7, 11) is 0. The molecule has 0 saturated carbocycles. The first kappa shape index (κ1) is 15.6. The minimum absolute atomic E-state index is 0.0521. The molecule has 5 heteroatoms. The van der Waals surface area contributed by atoms with Crippen LogP contribution in [0.4, 0.5) is 5.69 Å². The van der Waals surface area contributed by atoms with Gasteiger partial charge < -0.3 is 15.1 Å². The van der Waals surface area contributed by atoms with Crippen molar-refractivity contribution in [3.8, 4) is 0 Å². The number of rotatable bonds is 4. The summed E-state index contributed by atoms with van der Waals surface area (Å²) in [4.78, 5) is 14.5. The quantitative estimate of drug-likeness (QED) is 0.848. The maximum absolute atomic E-state index is 12.8. The van der Waals surface area contributed by atoms with Gasteiger partial charge in [0.05, 0.1) is 12.1 Å². The molecule has 0 fully saturated rings. The molecule has 2 rings (SSSR count). The van der Waals surface area contributed by atoms with Crippen LogP contribution in [-0.4, -0.2) is 16.8 Å². The smallest absolute Gasteiger partial charge is 0.255 e. The van der Waals surface area contributed by atoms with Gasteiger partial charge in [0.25, 0.3) is 5.91 Å². The first-order chi connectivity index (χ1) is 9.88. The van der Waals surface area contributed by atoms with Crippen LogP contribution in [0.2, 0.25) is 0 Å². The predicted molar refractivity (Wildman–Crippen MR) is 87.0 cm³/mol. The summed E-state index contributed by atoms with van der Waals surface area (Å²) in [6.45, 7) is 6.28. The number of benzene rings is 1. The first-order valence-electron chi connectivity index (χ1n) is 6.80. The third-order valence-corrected chi connectivity index (χ3v) is 3.92. The Balaban J connectivity index is 2.29. The van der Waals surface area contributed by atoms with E-state index in [9.17, 15) is 4.79 Å². The summed E-state index contributed by atoms with van der Waals surface area (Å²) in [6, 6.07) is 9.08. The molecule has 0 bridgehead atoms. The molecule has 1 aromatic heterocycles. The van der Waals surface area contributed by atoms with E-state index in [1.807, 2.05) is 32.9 Å². The van der Waals surface area contributed by atoms with Gasteiger partial charge >= 0.3 is 0 Å². The van der Waals surface area contributed by atoms with Gasteiger partial charge in [-0.2, -0.15) is 0 Å². The average Bonchev–Trinajstić information content (AvgIpc) is 2.83. The van der Waals surface area contributed by atoms with Gasteiger partial charge in [-0.05, 0) is 67.0 Å². The van der Waals surface area contributed by atoms with E-state index >= 15 is 0 Å². The SMILES string of the molecule is Cc1ccc(CN(C(=O)c2cc(N)ccc2Br)C(C)C)o1. The Bertz CT molecular complexity index is 649. The number of carbonyl (C=O) groups excluding carboxylic acids is 1. The van der Waals surface area contributed by atoms with Crippen LogP contribution in [0.3, 0.4) is 0 Å². The zero-order valence-electron chi connectivity index (χ0n) is 12.4. The number of carbonyl (C=O) groups is 1. The maximum Gasteiger partial charge on any atom is 0.255 e. The van der Waals surface area contributed by atoms with Crippen molar-refractivity contribution in [2.45, 2.75) is 33.4 Å². The lowest BCUT2D eigenvalue weighted by atomic mass is 10.1. The molecule has 0 aliphatic heterocycles. The van der Waals surface area contributed by atoms with Crippen LogP contribution in [0.1, 0.15) is 35.7 Å². The van der Waals surface area contributed by atoms with Crippen LogP contribution < -0.4 is 5.73 Å². The number of furan rings is 1. The van der Waals surface area contributed by atoms with Crippen LogP contribution in [0.25, 0.3) is 0 Å². The fourth-order valence-electron chi connectivity index (χ4n) is 2.09. The number of halogens is 1. The largest absolute Gasteiger partial charge is 0.464 e. The molecule has 0 atom stereocenters. The fourth-order valence-corrected chi connectivity index (χ4v) is 2.50. The molecule has 2 aromatic rings. The van der Waals surface area contributed by atoms with Crippen molar-refractivity contribution in [2.75, 3.05) is 5.73 Å². The van der Waals surface area contributed by atoms with E-state index in [-0.39, 0.29) is 11.9 Å². The number of hydrogen-bond donors (Lipinski definition) is 1. The van der Waals surface area contributed by atoms with Crippen LogP contribution in [0, 0.1) is 6.92 Å². The molecule has 21 heavy (non-hydrogen) atoms. The number of aryl methyl sites for hydroxylation is 1. The van der Waals surface area contributed by atoms with Gasteiger partial charge in [0, 0.05) is 16.2 Å². The lowest BCUT2D eigenvalue weighted by Crippen LogP contribution is -2.36. The van der Waals surface area contributed by atoms with Gasteiger partial charge in [0.1, 0.15) is 11.5 Å². The van der Waals surface area contributed by atoms with E-state index in [0.717, 1.165) is 16.0 Å². The summed E-state index contributed by atoms with van der Waals surface area (Å²) in [5.74, 6) is 1.54. The van der Waals surface area contributed by atoms with E-state index in [1.165, 1.54) is 0 Å². The molecule has 0 aliphatic rings. The van der Waals surface area contributed by atoms with Gasteiger partial charge in [0.2, 0.25) is 0 Å². The second kappa shape index (κ2) is 6.35. The van der Waals surface area contributed by atoms with Crippen molar-refractivity contribution < 1.29 is 9.21 Å². The third kappa shape index (κ3) is 3.67. The van der Waals surface area contributed by atoms with Crippen LogP contribution in [0.15, 0.2) is 39.2 Å². The van der Waals surface area contributed by atoms with Crippen molar-refractivity contribution in [3.05, 3.63) is 51.9 Å². The summed E-state index contributed by atoms with van der Waals surface area (Å²) in [5.41, 5.74) is 6.92. The van der Waals surface area contributed by atoms with Crippen molar-refractivity contribution >= 4 is 27.5 Å². The molecule has 0 radical (unpaired) electrons. The zero-order chi connectivity index (χ0) is 15.6. The summed E-state index contributed by atoms with van der Waals surface area (Å²) < 4.78 is 6.31. The Hall–Kier alpha value is -1.75. The molecule has 1 heterocycles. The average molecular weight is 351 g/mol. The van der Waals surface area contributed by atoms with E-state index < -0.39 is 0 Å². The molecule has 4 nitrogen and oxygen atoms in total. The second-order valence-corrected chi connectivity index (χ2v) is 6.13. The van der Waals surface area contributed by atoms with Crippen molar-refractivity contribution in [2.24, 2.45) is 0 Å². The van der Waals surface area contributed by atoms with E-state index in [2.05, 4.69) is 15.9 Å². The minimum Gasteiger partial charge on any atom is -0.464 e. The van der Waals surface area contributed by atoms with E-state index in [4.69, 9.17) is 10.2 Å². The lowest BCUT2D eigenvalue weighted by Gasteiger charge is -2.26. The third-order valence-electron chi connectivity index (χ3n) is 3.23. The number of anilines is 1. The van der Waals surface area contributed by atoms with Gasteiger partial charge in [-0.1, -0.05) is 0 Å². The number of nitrogen functional groups attached to an aromatic ring is 1. The van der Waals surface area contributed by atoms with Crippen molar-refractivity contribution in [3.63, 3.8) is 0 Å². The number of nitrogens with two attached hydrogens (primary N) is 1. The molecule has 2 N–H and O–H groups in total. The van der Waals surface area contributed by atoms with E-state index in [1.54, 1.807) is 23.1 Å². The highest BCUT2D eigenvalue weighted by Gasteiger charge is 2.22. The molecule has 112 valence electrons. The molecule has 0 unspecified atom stereocenters. The number of nitrogens with zero attached hydrogens (tertiary/aromatic N) is 1. The van der Waals surface area contributed by atoms with Gasteiger partial charge in [-0.25, -0.2) is 0 Å². The van der Waals surface area contributed by atoms with Crippen LogP contribution in [0.5, 0.6) is 0 Å². The molecule has 1 aromatic carbocycles. The Morgan fingerprint density at radius 1 is 1.33 bits per heavy atom. The Labute approximate surface area is 133 Å². The van der Waals surface area contributed by atoms with Crippen LogP contribution in [-0.2, 0) is 6.54 Å². The minimum atomic E-state index is -0.0711. The first-order valence-corrected chi connectivity index (χ1v) is 7.59. The van der Waals surface area contributed by atoms with Crippen molar-refractivity contribution in [1.82, 2.24) is 4.90 Å². The standard InChI is InChI=1S/C16H19BrN2O2/c1-10(2)19(9-13-6-4-11(3)21-13)16(20)14-8-12(18)5-7-15(14)17/h4-8,10H,9,18H2,1-3H3. The zero-order valence-corrected chi connectivity index (χ0v) is 14.0. The summed E-state index contributed by atoms with van der Waals surface area (Å²) in [6.07, 6.45) is 0.